The van der Waals surface area contributed by atoms with Gasteiger partial charge in [-0.25, -0.2) is 9.78 Å². The fourth-order valence-corrected chi connectivity index (χ4v) is 4.13. The van der Waals surface area contributed by atoms with E-state index in [0.29, 0.717) is 18.0 Å². The van der Waals surface area contributed by atoms with Crippen LogP contribution in [0.25, 0.3) is 0 Å². The number of carbonyl (C=O) groups is 3. The van der Waals surface area contributed by atoms with E-state index in [9.17, 15) is 14.4 Å². The standard InChI is InChI=1S/C16H22N4O3S/c1-10-11(2)24-14(17-10)18-12(21)6-9-20-13(22)16(19-15(20)23)7-4-3-5-8-16/h3-9H2,1-2H3,(H,19,23)(H,17,18,21). The van der Waals surface area contributed by atoms with E-state index in [1.165, 1.54) is 16.2 Å². The number of hydrogen-bond donors (Lipinski definition) is 2. The van der Waals surface area contributed by atoms with Gasteiger partial charge in [0.05, 0.1) is 5.69 Å². The third-order valence-corrected chi connectivity index (χ3v) is 5.78. The van der Waals surface area contributed by atoms with Crippen LogP contribution in [0.1, 0.15) is 49.1 Å². The number of nitrogens with zero attached hydrogens (tertiary/aromatic N) is 2. The number of rotatable bonds is 4. The van der Waals surface area contributed by atoms with E-state index in [1.54, 1.807) is 0 Å². The molecule has 2 fully saturated rings. The summed E-state index contributed by atoms with van der Waals surface area (Å²) in [7, 11) is 0. The van der Waals surface area contributed by atoms with Crippen molar-refractivity contribution in [2.45, 2.75) is 57.9 Å². The zero-order chi connectivity index (χ0) is 17.3. The molecule has 130 valence electrons. The molecule has 24 heavy (non-hydrogen) atoms. The van der Waals surface area contributed by atoms with Gasteiger partial charge in [0, 0.05) is 17.8 Å². The van der Waals surface area contributed by atoms with Gasteiger partial charge in [0.25, 0.3) is 5.91 Å². The van der Waals surface area contributed by atoms with Crippen LogP contribution in [0, 0.1) is 13.8 Å². The van der Waals surface area contributed by atoms with Crippen LogP contribution in [0.15, 0.2) is 0 Å². The summed E-state index contributed by atoms with van der Waals surface area (Å²) < 4.78 is 0. The molecule has 2 N–H and O–H groups in total. The number of urea groups is 1. The lowest BCUT2D eigenvalue weighted by Crippen LogP contribution is -2.48. The lowest BCUT2D eigenvalue weighted by Gasteiger charge is -2.30. The van der Waals surface area contributed by atoms with Gasteiger partial charge in [0.1, 0.15) is 5.54 Å². The first-order chi connectivity index (χ1) is 11.4. The predicted octanol–water partition coefficient (Wildman–Crippen LogP) is 2.34. The first kappa shape index (κ1) is 16.9. The molecular weight excluding hydrogens is 328 g/mol. The summed E-state index contributed by atoms with van der Waals surface area (Å²) in [5, 5.41) is 6.13. The normalized spacial score (nSPS) is 19.7. The van der Waals surface area contributed by atoms with Gasteiger partial charge in [0.2, 0.25) is 5.91 Å². The maximum Gasteiger partial charge on any atom is 0.325 e. The second kappa shape index (κ2) is 6.51. The van der Waals surface area contributed by atoms with Crippen LogP contribution in [0.2, 0.25) is 0 Å². The first-order valence-corrected chi connectivity index (χ1v) is 9.11. The van der Waals surface area contributed by atoms with Gasteiger partial charge in [-0.1, -0.05) is 19.3 Å². The Balaban J connectivity index is 1.57. The topological polar surface area (TPSA) is 91.4 Å². The van der Waals surface area contributed by atoms with Crippen LogP contribution in [-0.2, 0) is 9.59 Å². The van der Waals surface area contributed by atoms with Gasteiger partial charge >= 0.3 is 6.03 Å². The van der Waals surface area contributed by atoms with E-state index >= 15 is 0 Å². The van der Waals surface area contributed by atoms with Crippen molar-refractivity contribution >= 4 is 34.3 Å². The molecule has 7 nitrogen and oxygen atoms in total. The van der Waals surface area contributed by atoms with Crippen LogP contribution < -0.4 is 10.6 Å². The fourth-order valence-electron chi connectivity index (χ4n) is 3.29. The Morgan fingerprint density at radius 1 is 1.29 bits per heavy atom. The number of anilines is 1. The van der Waals surface area contributed by atoms with E-state index in [1.807, 2.05) is 13.8 Å². The van der Waals surface area contributed by atoms with Crippen molar-refractivity contribution < 1.29 is 14.4 Å². The maximum absolute atomic E-state index is 12.6. The molecule has 3 rings (SSSR count). The number of aryl methyl sites for hydroxylation is 2. The molecule has 0 atom stereocenters. The van der Waals surface area contributed by atoms with Crippen molar-refractivity contribution in [1.29, 1.82) is 0 Å². The van der Waals surface area contributed by atoms with Crippen LogP contribution in [0.3, 0.4) is 0 Å². The van der Waals surface area contributed by atoms with Crippen LogP contribution in [0.4, 0.5) is 9.93 Å². The molecule has 0 radical (unpaired) electrons. The molecular formula is C16H22N4O3S. The summed E-state index contributed by atoms with van der Waals surface area (Å²) in [6, 6.07) is -0.379. The molecule has 2 aliphatic rings. The molecule has 1 saturated carbocycles. The second-order valence-corrected chi connectivity index (χ2v) is 7.69. The zero-order valence-electron chi connectivity index (χ0n) is 14.0. The molecule has 0 aromatic carbocycles. The SMILES string of the molecule is Cc1nc(NC(=O)CCN2C(=O)NC3(CCCCC3)C2=O)sc1C. The van der Waals surface area contributed by atoms with Crippen molar-refractivity contribution in [3.63, 3.8) is 0 Å². The highest BCUT2D eigenvalue weighted by Gasteiger charge is 2.51. The van der Waals surface area contributed by atoms with Crippen LogP contribution in [-0.4, -0.2) is 39.8 Å². The molecule has 1 aromatic heterocycles. The second-order valence-electron chi connectivity index (χ2n) is 6.49. The Hall–Kier alpha value is -1.96. The number of thiazole rings is 1. The highest BCUT2D eigenvalue weighted by molar-refractivity contribution is 7.15. The van der Waals surface area contributed by atoms with E-state index in [-0.39, 0.29) is 30.8 Å². The highest BCUT2D eigenvalue weighted by Crippen LogP contribution is 2.33. The first-order valence-electron chi connectivity index (χ1n) is 8.29. The van der Waals surface area contributed by atoms with Gasteiger partial charge < -0.3 is 10.6 Å². The molecule has 8 heteroatoms. The van der Waals surface area contributed by atoms with Crippen molar-refractivity contribution in [3.8, 4) is 0 Å². The van der Waals surface area contributed by atoms with Gasteiger partial charge in [0.15, 0.2) is 5.13 Å². The van der Waals surface area contributed by atoms with Crippen LogP contribution in [0.5, 0.6) is 0 Å². The Morgan fingerprint density at radius 2 is 2.00 bits per heavy atom. The van der Waals surface area contributed by atoms with Gasteiger partial charge in [-0.05, 0) is 26.7 Å². The predicted molar refractivity (Wildman–Crippen MR) is 90.9 cm³/mol. The Bertz CT molecular complexity index is 659. The average Bonchev–Trinajstić information content (AvgIpc) is 2.96. The Kier molecular flexibility index (Phi) is 4.58. The van der Waals surface area contributed by atoms with E-state index < -0.39 is 5.54 Å². The largest absolute Gasteiger partial charge is 0.325 e. The number of imide groups is 1. The number of aromatic nitrogens is 1. The zero-order valence-corrected chi connectivity index (χ0v) is 14.8. The van der Waals surface area contributed by atoms with Crippen molar-refractivity contribution in [3.05, 3.63) is 10.6 Å². The van der Waals surface area contributed by atoms with E-state index in [2.05, 4.69) is 15.6 Å². The van der Waals surface area contributed by atoms with Crippen molar-refractivity contribution in [2.24, 2.45) is 0 Å². The number of nitrogens with one attached hydrogen (secondary N) is 2. The monoisotopic (exact) mass is 350 g/mol. The summed E-state index contributed by atoms with van der Waals surface area (Å²) in [5.74, 6) is -0.421. The smallest absolute Gasteiger partial charge is 0.323 e. The third-order valence-electron chi connectivity index (χ3n) is 4.79. The minimum absolute atomic E-state index is 0.0763. The lowest BCUT2D eigenvalue weighted by atomic mass is 9.82. The van der Waals surface area contributed by atoms with Gasteiger partial charge in [-0.3, -0.25) is 14.5 Å². The molecule has 0 unspecified atom stereocenters. The number of carbonyl (C=O) groups excluding carboxylic acids is 3. The van der Waals surface area contributed by atoms with Crippen molar-refractivity contribution in [1.82, 2.24) is 15.2 Å². The molecule has 0 bridgehead atoms. The van der Waals surface area contributed by atoms with E-state index in [0.717, 1.165) is 29.8 Å². The molecule has 1 spiro atoms. The summed E-state index contributed by atoms with van der Waals surface area (Å²) in [6.07, 6.45) is 4.45. The molecule has 4 amide bonds. The molecule has 1 aliphatic heterocycles. The van der Waals surface area contributed by atoms with Gasteiger partial charge in [-0.2, -0.15) is 0 Å². The molecule has 2 heterocycles. The lowest BCUT2D eigenvalue weighted by molar-refractivity contribution is -0.132. The third kappa shape index (κ3) is 3.15. The molecule has 1 aliphatic carbocycles. The summed E-state index contributed by atoms with van der Waals surface area (Å²) in [6.45, 7) is 3.93. The summed E-state index contributed by atoms with van der Waals surface area (Å²) in [4.78, 5) is 43.3. The maximum atomic E-state index is 12.6. The summed E-state index contributed by atoms with van der Waals surface area (Å²) >= 11 is 1.42. The minimum Gasteiger partial charge on any atom is -0.323 e. The minimum atomic E-state index is -0.727. The Labute approximate surface area is 144 Å². The fraction of sp³-hybridized carbons (Fsp3) is 0.625. The number of hydrogen-bond acceptors (Lipinski definition) is 5. The Morgan fingerprint density at radius 3 is 2.62 bits per heavy atom. The summed E-state index contributed by atoms with van der Waals surface area (Å²) in [5.41, 5.74) is 0.165. The van der Waals surface area contributed by atoms with E-state index in [4.69, 9.17) is 0 Å². The molecule has 1 aromatic rings. The van der Waals surface area contributed by atoms with Crippen LogP contribution >= 0.6 is 11.3 Å². The average molecular weight is 350 g/mol. The highest BCUT2D eigenvalue weighted by atomic mass is 32.1. The number of amides is 4. The van der Waals surface area contributed by atoms with Crippen molar-refractivity contribution in [2.75, 3.05) is 11.9 Å². The quantitative estimate of drug-likeness (QED) is 0.816. The molecule has 1 saturated heterocycles. The van der Waals surface area contributed by atoms with Gasteiger partial charge in [-0.15, -0.1) is 11.3 Å².